The summed E-state index contributed by atoms with van der Waals surface area (Å²) < 4.78 is 25.0. The average Bonchev–Trinajstić information content (AvgIpc) is 2.18. The number of nitrogen functional groups attached to an aromatic ring is 1. The maximum Gasteiger partial charge on any atom is 0.321 e. The highest BCUT2D eigenvalue weighted by molar-refractivity contribution is 6.33. The van der Waals surface area contributed by atoms with Crippen molar-refractivity contribution in [1.29, 1.82) is 0 Å². The molecule has 0 saturated carbocycles. The van der Waals surface area contributed by atoms with E-state index in [1.54, 1.807) is 12.1 Å². The number of nitrogens with one attached hydrogen (secondary N) is 1. The molecule has 1 aromatic carbocycles. The van der Waals surface area contributed by atoms with Crippen molar-refractivity contribution in [3.05, 3.63) is 28.8 Å². The van der Waals surface area contributed by atoms with Gasteiger partial charge in [-0.25, -0.2) is 0 Å². The van der Waals surface area contributed by atoms with Crippen molar-refractivity contribution in [2.24, 2.45) is 0 Å². The van der Waals surface area contributed by atoms with Crippen LogP contribution >= 0.6 is 11.6 Å². The van der Waals surface area contributed by atoms with E-state index in [9.17, 15) is 13.6 Å². The van der Waals surface area contributed by atoms with E-state index in [0.717, 1.165) is 0 Å². The molecule has 0 aliphatic rings. The molecule has 0 aliphatic heterocycles. The Morgan fingerprint density at radius 3 is 2.69 bits per heavy atom. The van der Waals surface area contributed by atoms with Gasteiger partial charge in [0.15, 0.2) is 0 Å². The van der Waals surface area contributed by atoms with Gasteiger partial charge >= 0.3 is 5.92 Å². The van der Waals surface area contributed by atoms with Crippen LogP contribution in [0.4, 0.5) is 14.5 Å². The van der Waals surface area contributed by atoms with Crippen LogP contribution in [0.1, 0.15) is 12.5 Å². The van der Waals surface area contributed by atoms with Crippen LogP contribution in [-0.4, -0.2) is 11.8 Å². The van der Waals surface area contributed by atoms with E-state index in [1.807, 2.05) is 0 Å². The molecule has 0 unspecified atom stereocenters. The van der Waals surface area contributed by atoms with Crippen molar-refractivity contribution in [2.75, 3.05) is 5.73 Å². The molecule has 0 radical (unpaired) electrons. The van der Waals surface area contributed by atoms with Gasteiger partial charge < -0.3 is 11.1 Å². The fourth-order valence-electron chi connectivity index (χ4n) is 1.04. The summed E-state index contributed by atoms with van der Waals surface area (Å²) >= 11 is 5.68. The van der Waals surface area contributed by atoms with Gasteiger partial charge in [0.2, 0.25) is 0 Å². The Morgan fingerprint density at radius 1 is 1.56 bits per heavy atom. The summed E-state index contributed by atoms with van der Waals surface area (Å²) in [5, 5.41) is 2.48. The van der Waals surface area contributed by atoms with Crippen molar-refractivity contribution in [1.82, 2.24) is 5.32 Å². The Balaban J connectivity index is 2.62. The molecule has 1 aromatic rings. The summed E-state index contributed by atoms with van der Waals surface area (Å²) in [5.74, 6) is -4.70. The van der Waals surface area contributed by atoms with E-state index >= 15 is 0 Å². The number of hydrogen-bond acceptors (Lipinski definition) is 2. The van der Waals surface area contributed by atoms with Gasteiger partial charge in [-0.05, 0) is 17.7 Å². The van der Waals surface area contributed by atoms with Crippen LogP contribution in [0.25, 0.3) is 0 Å². The summed E-state index contributed by atoms with van der Waals surface area (Å²) in [5.41, 5.74) is 6.47. The van der Waals surface area contributed by atoms with Crippen LogP contribution in [0.3, 0.4) is 0 Å². The van der Waals surface area contributed by atoms with Crippen molar-refractivity contribution < 1.29 is 13.6 Å². The predicted octanol–water partition coefficient (Wildman–Crippen LogP) is 2.19. The first-order valence-corrected chi connectivity index (χ1v) is 4.88. The maximum atomic E-state index is 12.5. The third kappa shape index (κ3) is 3.34. The number of anilines is 1. The molecule has 0 atom stereocenters. The van der Waals surface area contributed by atoms with E-state index in [4.69, 9.17) is 17.3 Å². The lowest BCUT2D eigenvalue weighted by atomic mass is 10.2. The molecular formula is C10H11ClF2N2O. The second-order valence-electron chi connectivity index (χ2n) is 3.43. The molecule has 0 aromatic heterocycles. The van der Waals surface area contributed by atoms with E-state index in [-0.39, 0.29) is 6.54 Å². The van der Waals surface area contributed by atoms with Crippen molar-refractivity contribution in [3.8, 4) is 0 Å². The molecule has 6 heteroatoms. The largest absolute Gasteiger partial charge is 0.398 e. The molecule has 1 amide bonds. The third-order valence-electron chi connectivity index (χ3n) is 1.91. The van der Waals surface area contributed by atoms with Crippen LogP contribution < -0.4 is 11.1 Å². The molecule has 88 valence electrons. The van der Waals surface area contributed by atoms with Gasteiger partial charge in [0, 0.05) is 13.5 Å². The lowest BCUT2D eigenvalue weighted by Crippen LogP contribution is -2.37. The minimum atomic E-state index is -3.38. The minimum absolute atomic E-state index is 0.0103. The summed E-state index contributed by atoms with van der Waals surface area (Å²) in [6, 6.07) is 4.67. The molecular weight excluding hydrogens is 238 g/mol. The number of alkyl halides is 2. The van der Waals surface area contributed by atoms with Gasteiger partial charge in [-0.15, -0.1) is 0 Å². The first-order valence-electron chi connectivity index (χ1n) is 4.50. The zero-order chi connectivity index (χ0) is 12.3. The molecule has 3 N–H and O–H groups in total. The molecule has 0 aliphatic carbocycles. The summed E-state index contributed by atoms with van der Waals surface area (Å²) in [6.45, 7) is 0.530. The second-order valence-corrected chi connectivity index (χ2v) is 3.83. The van der Waals surface area contributed by atoms with E-state index in [1.165, 1.54) is 6.07 Å². The lowest BCUT2D eigenvalue weighted by molar-refractivity contribution is -0.143. The number of benzene rings is 1. The first kappa shape index (κ1) is 12.7. The van der Waals surface area contributed by atoms with Gasteiger partial charge in [-0.2, -0.15) is 8.78 Å². The van der Waals surface area contributed by atoms with Crippen LogP contribution in [0.2, 0.25) is 5.02 Å². The smallest absolute Gasteiger partial charge is 0.321 e. The Bertz CT molecular complexity index is 404. The second kappa shape index (κ2) is 4.65. The fourth-order valence-corrected chi connectivity index (χ4v) is 1.16. The number of hydrogen-bond donors (Lipinski definition) is 2. The highest BCUT2D eigenvalue weighted by Crippen LogP contribution is 2.19. The van der Waals surface area contributed by atoms with Crippen LogP contribution in [0.5, 0.6) is 0 Å². The SMILES string of the molecule is CC(F)(F)C(=O)NCc1ccc(Cl)c(N)c1. The Morgan fingerprint density at radius 2 is 2.19 bits per heavy atom. The van der Waals surface area contributed by atoms with E-state index < -0.39 is 11.8 Å². The van der Waals surface area contributed by atoms with Gasteiger partial charge in [0.05, 0.1) is 10.7 Å². The summed E-state index contributed by atoms with van der Waals surface area (Å²) in [7, 11) is 0. The number of halogens is 3. The van der Waals surface area contributed by atoms with Crippen molar-refractivity contribution in [2.45, 2.75) is 19.4 Å². The maximum absolute atomic E-state index is 12.5. The first-order chi connectivity index (χ1) is 7.30. The monoisotopic (exact) mass is 248 g/mol. The molecule has 16 heavy (non-hydrogen) atoms. The van der Waals surface area contributed by atoms with Gasteiger partial charge in [-0.3, -0.25) is 4.79 Å². The van der Waals surface area contributed by atoms with E-state index in [2.05, 4.69) is 5.32 Å². The Labute approximate surface area is 96.6 Å². The topological polar surface area (TPSA) is 55.1 Å². The number of carbonyl (C=O) groups is 1. The third-order valence-corrected chi connectivity index (χ3v) is 2.26. The lowest BCUT2D eigenvalue weighted by Gasteiger charge is -2.11. The quantitative estimate of drug-likeness (QED) is 0.806. The standard InChI is InChI=1S/C10H11ClF2N2O/c1-10(12,13)9(16)15-5-6-2-3-7(11)8(14)4-6/h2-4H,5,14H2,1H3,(H,15,16). The minimum Gasteiger partial charge on any atom is -0.398 e. The number of nitrogens with two attached hydrogens (primary N) is 1. The summed E-state index contributed by atoms with van der Waals surface area (Å²) in [6.07, 6.45) is 0. The zero-order valence-electron chi connectivity index (χ0n) is 8.56. The molecule has 0 fully saturated rings. The Kier molecular flexibility index (Phi) is 3.70. The van der Waals surface area contributed by atoms with Gasteiger partial charge in [-0.1, -0.05) is 17.7 Å². The fraction of sp³-hybridized carbons (Fsp3) is 0.300. The molecule has 0 heterocycles. The highest BCUT2D eigenvalue weighted by atomic mass is 35.5. The molecule has 0 bridgehead atoms. The summed E-state index contributed by atoms with van der Waals surface area (Å²) in [4.78, 5) is 10.9. The van der Waals surface area contributed by atoms with Crippen LogP contribution in [0.15, 0.2) is 18.2 Å². The predicted molar refractivity (Wildman–Crippen MR) is 58.3 cm³/mol. The van der Waals surface area contributed by atoms with Crippen LogP contribution in [-0.2, 0) is 11.3 Å². The molecule has 0 spiro atoms. The van der Waals surface area contributed by atoms with Crippen LogP contribution in [0, 0.1) is 0 Å². The molecule has 0 saturated heterocycles. The van der Waals surface area contributed by atoms with Crippen molar-refractivity contribution in [3.63, 3.8) is 0 Å². The zero-order valence-corrected chi connectivity index (χ0v) is 9.31. The van der Waals surface area contributed by atoms with Crippen molar-refractivity contribution >= 4 is 23.2 Å². The average molecular weight is 249 g/mol. The van der Waals surface area contributed by atoms with E-state index in [0.29, 0.717) is 23.2 Å². The van der Waals surface area contributed by atoms with Gasteiger partial charge in [0.25, 0.3) is 5.91 Å². The molecule has 1 rings (SSSR count). The number of rotatable bonds is 3. The number of amides is 1. The highest BCUT2D eigenvalue weighted by Gasteiger charge is 2.31. The normalized spacial score (nSPS) is 11.2. The Hall–Kier alpha value is -1.36. The molecule has 3 nitrogen and oxygen atoms in total. The van der Waals surface area contributed by atoms with Gasteiger partial charge in [0.1, 0.15) is 0 Å². The number of carbonyl (C=O) groups excluding carboxylic acids is 1.